The van der Waals surface area contributed by atoms with Gasteiger partial charge in [0, 0.05) is 18.0 Å². The number of pyridine rings is 1. The van der Waals surface area contributed by atoms with Gasteiger partial charge in [0.05, 0.1) is 11.6 Å². The summed E-state index contributed by atoms with van der Waals surface area (Å²) in [6.45, 7) is 0. The third-order valence-corrected chi connectivity index (χ3v) is 4.44. The van der Waals surface area contributed by atoms with Crippen LogP contribution in [0.3, 0.4) is 0 Å². The molecule has 2 heteroatoms. The van der Waals surface area contributed by atoms with E-state index < -0.39 is 0 Å². The quantitative estimate of drug-likeness (QED) is 0.464. The molecule has 4 rings (SSSR count). The van der Waals surface area contributed by atoms with E-state index in [1.165, 1.54) is 0 Å². The summed E-state index contributed by atoms with van der Waals surface area (Å²) in [5.41, 5.74) is 7.01. The molecule has 0 unspecified atom stereocenters. The molecule has 26 heavy (non-hydrogen) atoms. The van der Waals surface area contributed by atoms with Crippen molar-refractivity contribution in [3.05, 3.63) is 103 Å². The summed E-state index contributed by atoms with van der Waals surface area (Å²) in [6, 6.07) is 30.8. The van der Waals surface area contributed by atoms with Crippen molar-refractivity contribution >= 4 is 0 Å². The summed E-state index contributed by atoms with van der Waals surface area (Å²) >= 11 is 0. The molecule has 0 bridgehead atoms. The molecule has 122 valence electrons. The molecule has 0 aliphatic carbocycles. The highest BCUT2D eigenvalue weighted by molar-refractivity contribution is 5.96. The van der Waals surface area contributed by atoms with E-state index in [4.69, 9.17) is 0 Å². The standard InChI is InChI=1S/C24H16N2/c25-17-21-11-12-22(18-7-3-1-4-8-18)24(19-9-5-2-6-10-19)23(21)20-13-15-26-16-14-20/h1-16H. The van der Waals surface area contributed by atoms with E-state index >= 15 is 0 Å². The highest BCUT2D eigenvalue weighted by Crippen LogP contribution is 2.41. The number of nitrogens with zero attached hydrogens (tertiary/aromatic N) is 2. The molecular weight excluding hydrogens is 316 g/mol. The fourth-order valence-electron chi connectivity index (χ4n) is 3.28. The summed E-state index contributed by atoms with van der Waals surface area (Å²) in [5.74, 6) is 0. The van der Waals surface area contributed by atoms with Crippen LogP contribution in [0.1, 0.15) is 5.56 Å². The van der Waals surface area contributed by atoms with E-state index in [2.05, 4.69) is 35.3 Å². The molecule has 0 radical (unpaired) electrons. The predicted molar refractivity (Wildman–Crippen MR) is 105 cm³/mol. The van der Waals surface area contributed by atoms with Crippen LogP contribution in [0.4, 0.5) is 0 Å². The molecule has 3 aromatic carbocycles. The van der Waals surface area contributed by atoms with Gasteiger partial charge in [-0.1, -0.05) is 66.7 Å². The zero-order chi connectivity index (χ0) is 17.8. The zero-order valence-corrected chi connectivity index (χ0v) is 14.1. The Morgan fingerprint density at radius 3 is 1.77 bits per heavy atom. The van der Waals surface area contributed by atoms with E-state index in [9.17, 15) is 5.26 Å². The van der Waals surface area contributed by atoms with Crippen molar-refractivity contribution in [1.82, 2.24) is 4.98 Å². The van der Waals surface area contributed by atoms with Crippen LogP contribution < -0.4 is 0 Å². The predicted octanol–water partition coefficient (Wildman–Crippen LogP) is 5.95. The highest BCUT2D eigenvalue weighted by Gasteiger charge is 2.17. The summed E-state index contributed by atoms with van der Waals surface area (Å²) in [4.78, 5) is 4.13. The third-order valence-electron chi connectivity index (χ3n) is 4.44. The van der Waals surface area contributed by atoms with Gasteiger partial charge in [-0.05, 0) is 46.0 Å². The molecule has 4 aromatic rings. The molecule has 1 heterocycles. The first kappa shape index (κ1) is 15.8. The summed E-state index contributed by atoms with van der Waals surface area (Å²) in [7, 11) is 0. The van der Waals surface area contributed by atoms with Gasteiger partial charge in [0.2, 0.25) is 0 Å². The Balaban J connectivity index is 2.11. The lowest BCUT2D eigenvalue weighted by molar-refractivity contribution is 1.33. The second-order valence-corrected chi connectivity index (χ2v) is 5.99. The van der Waals surface area contributed by atoms with Gasteiger partial charge >= 0.3 is 0 Å². The topological polar surface area (TPSA) is 36.7 Å². The van der Waals surface area contributed by atoms with Crippen molar-refractivity contribution in [2.24, 2.45) is 0 Å². The minimum Gasteiger partial charge on any atom is -0.265 e. The van der Waals surface area contributed by atoms with E-state index in [0.29, 0.717) is 5.56 Å². The van der Waals surface area contributed by atoms with Crippen LogP contribution in [0, 0.1) is 11.3 Å². The molecule has 0 N–H and O–H groups in total. The first-order valence-electron chi connectivity index (χ1n) is 8.47. The fraction of sp³-hybridized carbons (Fsp3) is 0. The van der Waals surface area contributed by atoms with Crippen LogP contribution in [0.2, 0.25) is 0 Å². The van der Waals surface area contributed by atoms with Gasteiger partial charge in [-0.15, -0.1) is 0 Å². The smallest absolute Gasteiger partial charge is 0.0998 e. The number of nitriles is 1. The SMILES string of the molecule is N#Cc1ccc(-c2ccccc2)c(-c2ccccc2)c1-c1ccncc1. The van der Waals surface area contributed by atoms with Crippen LogP contribution in [-0.4, -0.2) is 4.98 Å². The van der Waals surface area contributed by atoms with Crippen LogP contribution in [0.25, 0.3) is 33.4 Å². The normalized spacial score (nSPS) is 10.3. The molecule has 1 aromatic heterocycles. The fourth-order valence-corrected chi connectivity index (χ4v) is 3.28. The minimum absolute atomic E-state index is 0.662. The van der Waals surface area contributed by atoms with Crippen molar-refractivity contribution in [2.45, 2.75) is 0 Å². The molecule has 2 nitrogen and oxygen atoms in total. The molecule has 0 spiro atoms. The Kier molecular flexibility index (Phi) is 4.28. The van der Waals surface area contributed by atoms with Gasteiger partial charge in [0.25, 0.3) is 0 Å². The van der Waals surface area contributed by atoms with Crippen molar-refractivity contribution in [3.63, 3.8) is 0 Å². The average Bonchev–Trinajstić information content (AvgIpc) is 2.74. The van der Waals surface area contributed by atoms with Gasteiger partial charge in [-0.2, -0.15) is 5.26 Å². The maximum atomic E-state index is 9.75. The molecule has 0 saturated carbocycles. The van der Waals surface area contributed by atoms with Crippen molar-refractivity contribution < 1.29 is 0 Å². The Morgan fingerprint density at radius 2 is 1.15 bits per heavy atom. The zero-order valence-electron chi connectivity index (χ0n) is 14.1. The number of hydrogen-bond acceptors (Lipinski definition) is 2. The summed E-state index contributed by atoms with van der Waals surface area (Å²) in [6.07, 6.45) is 3.53. The van der Waals surface area contributed by atoms with E-state index in [-0.39, 0.29) is 0 Å². The van der Waals surface area contributed by atoms with E-state index in [0.717, 1.165) is 33.4 Å². The monoisotopic (exact) mass is 332 g/mol. The minimum atomic E-state index is 0.662. The van der Waals surface area contributed by atoms with Crippen LogP contribution in [-0.2, 0) is 0 Å². The molecule has 0 amide bonds. The third kappa shape index (κ3) is 2.87. The van der Waals surface area contributed by atoms with Gasteiger partial charge in [-0.25, -0.2) is 0 Å². The molecule has 0 aliphatic heterocycles. The van der Waals surface area contributed by atoms with Crippen LogP contribution in [0.5, 0.6) is 0 Å². The maximum absolute atomic E-state index is 9.75. The maximum Gasteiger partial charge on any atom is 0.0998 e. The molecule has 0 saturated heterocycles. The van der Waals surface area contributed by atoms with Crippen molar-refractivity contribution in [1.29, 1.82) is 5.26 Å². The van der Waals surface area contributed by atoms with Gasteiger partial charge in [0.15, 0.2) is 0 Å². The Labute approximate surface area is 153 Å². The number of aromatic nitrogens is 1. The van der Waals surface area contributed by atoms with E-state index in [1.807, 2.05) is 60.7 Å². The Hall–Kier alpha value is -3.70. The number of hydrogen-bond donors (Lipinski definition) is 0. The first-order valence-corrected chi connectivity index (χ1v) is 8.47. The summed E-state index contributed by atoms with van der Waals surface area (Å²) in [5, 5.41) is 9.75. The largest absolute Gasteiger partial charge is 0.265 e. The van der Waals surface area contributed by atoms with Gasteiger partial charge in [0.1, 0.15) is 0 Å². The molecule has 0 fully saturated rings. The van der Waals surface area contributed by atoms with Gasteiger partial charge < -0.3 is 0 Å². The van der Waals surface area contributed by atoms with Crippen LogP contribution in [0.15, 0.2) is 97.3 Å². The van der Waals surface area contributed by atoms with Gasteiger partial charge in [-0.3, -0.25) is 4.98 Å². The van der Waals surface area contributed by atoms with Crippen molar-refractivity contribution in [3.8, 4) is 39.4 Å². The molecular formula is C24H16N2. The molecule has 0 aliphatic rings. The lowest BCUT2D eigenvalue weighted by atomic mass is 9.85. The number of rotatable bonds is 3. The summed E-state index contributed by atoms with van der Waals surface area (Å²) < 4.78 is 0. The average molecular weight is 332 g/mol. The molecule has 0 atom stereocenters. The first-order chi connectivity index (χ1) is 12.9. The van der Waals surface area contributed by atoms with E-state index in [1.54, 1.807) is 12.4 Å². The second kappa shape index (κ2) is 7.04. The lowest BCUT2D eigenvalue weighted by Gasteiger charge is -2.17. The number of benzene rings is 3. The lowest BCUT2D eigenvalue weighted by Crippen LogP contribution is -1.94. The van der Waals surface area contributed by atoms with Crippen LogP contribution >= 0.6 is 0 Å². The highest BCUT2D eigenvalue weighted by atomic mass is 14.6. The Morgan fingerprint density at radius 1 is 0.577 bits per heavy atom. The Bertz CT molecular complexity index is 1060. The van der Waals surface area contributed by atoms with Crippen molar-refractivity contribution in [2.75, 3.05) is 0 Å². The second-order valence-electron chi connectivity index (χ2n) is 5.99.